The minimum Gasteiger partial charge on any atom is -0.348 e. The normalized spacial score (nSPS) is 20.6. The summed E-state index contributed by atoms with van der Waals surface area (Å²) in [7, 11) is 0. The molecule has 1 aliphatic heterocycles. The second-order valence-electron chi connectivity index (χ2n) is 2.32. The van der Waals surface area contributed by atoms with Crippen LogP contribution in [0.3, 0.4) is 0 Å². The van der Waals surface area contributed by atoms with E-state index in [2.05, 4.69) is 15.3 Å². The lowest BCUT2D eigenvalue weighted by Crippen LogP contribution is -2.33. The lowest BCUT2D eigenvalue weighted by atomic mass is 10.3. The molecule has 0 fully saturated rings. The van der Waals surface area contributed by atoms with Crippen molar-refractivity contribution in [2.75, 3.05) is 5.32 Å². The highest BCUT2D eigenvalue weighted by Gasteiger charge is 2.08. The highest BCUT2D eigenvalue weighted by atomic mass is 15.1. The molecule has 0 amide bonds. The van der Waals surface area contributed by atoms with Gasteiger partial charge in [0.2, 0.25) is 0 Å². The fourth-order valence-corrected chi connectivity index (χ4v) is 0.968. The molecule has 1 atom stereocenters. The Kier molecular flexibility index (Phi) is 1.33. The molecule has 56 valence electrons. The molecule has 0 aromatic carbocycles. The Bertz CT molecular complexity index is 294. The second-order valence-corrected chi connectivity index (χ2v) is 2.32. The molecule has 0 saturated carbocycles. The number of hydrogen-bond donors (Lipinski definition) is 2. The predicted octanol–water partition coefficient (Wildman–Crippen LogP) is 0.494. The summed E-state index contributed by atoms with van der Waals surface area (Å²) in [5.41, 5.74) is 6.39. The molecule has 11 heavy (non-hydrogen) atoms. The zero-order valence-electron chi connectivity index (χ0n) is 5.86. The van der Waals surface area contributed by atoms with Gasteiger partial charge >= 0.3 is 0 Å². The summed E-state index contributed by atoms with van der Waals surface area (Å²) in [6, 6.07) is 3.73. The number of rotatable bonds is 0. The summed E-state index contributed by atoms with van der Waals surface area (Å²) in [5, 5.41) is 2.98. The Hall–Kier alpha value is -1.42. The average Bonchev–Trinajstić information content (AvgIpc) is 2.04. The SMILES string of the molecule is NC1C=Nc2cccnc2N1. The summed E-state index contributed by atoms with van der Waals surface area (Å²) in [6.07, 6.45) is 3.15. The number of nitrogens with two attached hydrogens (primary N) is 1. The molecule has 3 N–H and O–H groups in total. The van der Waals surface area contributed by atoms with Gasteiger partial charge in [0, 0.05) is 12.4 Å². The van der Waals surface area contributed by atoms with Crippen molar-refractivity contribution in [2.24, 2.45) is 10.7 Å². The van der Waals surface area contributed by atoms with Crippen molar-refractivity contribution in [3.05, 3.63) is 18.3 Å². The van der Waals surface area contributed by atoms with E-state index < -0.39 is 0 Å². The van der Waals surface area contributed by atoms with Crippen molar-refractivity contribution in [3.8, 4) is 0 Å². The van der Waals surface area contributed by atoms with Crippen LogP contribution in [0.4, 0.5) is 11.5 Å². The Labute approximate surface area is 64.2 Å². The number of fused-ring (bicyclic) bond motifs is 1. The third-order valence-corrected chi connectivity index (χ3v) is 1.46. The molecule has 1 aliphatic rings. The van der Waals surface area contributed by atoms with Crippen LogP contribution in [-0.4, -0.2) is 17.4 Å². The zero-order valence-corrected chi connectivity index (χ0v) is 5.86. The molecule has 1 unspecified atom stereocenters. The van der Waals surface area contributed by atoms with E-state index in [0.717, 1.165) is 11.5 Å². The van der Waals surface area contributed by atoms with Gasteiger partial charge in [-0.1, -0.05) is 0 Å². The maximum absolute atomic E-state index is 5.55. The van der Waals surface area contributed by atoms with Gasteiger partial charge in [0.15, 0.2) is 5.82 Å². The minimum absolute atomic E-state index is 0.211. The Balaban J connectivity index is 2.46. The van der Waals surface area contributed by atoms with E-state index in [1.165, 1.54) is 0 Å². The van der Waals surface area contributed by atoms with Crippen molar-refractivity contribution in [2.45, 2.75) is 6.17 Å². The van der Waals surface area contributed by atoms with Crippen LogP contribution in [0.2, 0.25) is 0 Å². The van der Waals surface area contributed by atoms with E-state index in [1.807, 2.05) is 12.1 Å². The molecule has 0 bridgehead atoms. The molecule has 0 aliphatic carbocycles. The molecular weight excluding hydrogens is 140 g/mol. The summed E-state index contributed by atoms with van der Waals surface area (Å²) >= 11 is 0. The highest BCUT2D eigenvalue weighted by Crippen LogP contribution is 2.23. The van der Waals surface area contributed by atoms with Gasteiger partial charge in [0.1, 0.15) is 11.9 Å². The van der Waals surface area contributed by atoms with E-state index in [0.29, 0.717) is 0 Å². The van der Waals surface area contributed by atoms with Crippen LogP contribution in [0, 0.1) is 0 Å². The van der Waals surface area contributed by atoms with E-state index >= 15 is 0 Å². The van der Waals surface area contributed by atoms with Gasteiger partial charge < -0.3 is 11.1 Å². The lowest BCUT2D eigenvalue weighted by molar-refractivity contribution is 0.977. The topological polar surface area (TPSA) is 63.3 Å². The number of aromatic nitrogens is 1. The Morgan fingerprint density at radius 3 is 3.36 bits per heavy atom. The van der Waals surface area contributed by atoms with Crippen molar-refractivity contribution >= 4 is 17.7 Å². The molecule has 4 heteroatoms. The number of anilines is 1. The molecule has 1 aromatic rings. The van der Waals surface area contributed by atoms with E-state index in [4.69, 9.17) is 5.73 Å². The second kappa shape index (κ2) is 2.32. The van der Waals surface area contributed by atoms with Crippen molar-refractivity contribution in [1.29, 1.82) is 0 Å². The van der Waals surface area contributed by atoms with Crippen molar-refractivity contribution in [1.82, 2.24) is 4.98 Å². The smallest absolute Gasteiger partial charge is 0.153 e. The number of pyridine rings is 1. The molecule has 0 radical (unpaired) electrons. The van der Waals surface area contributed by atoms with Crippen molar-refractivity contribution < 1.29 is 0 Å². The van der Waals surface area contributed by atoms with Gasteiger partial charge in [0.05, 0.1) is 0 Å². The van der Waals surface area contributed by atoms with Gasteiger partial charge in [0.25, 0.3) is 0 Å². The summed E-state index contributed by atoms with van der Waals surface area (Å²) < 4.78 is 0. The van der Waals surface area contributed by atoms with Gasteiger partial charge in [-0.2, -0.15) is 0 Å². The van der Waals surface area contributed by atoms with E-state index in [9.17, 15) is 0 Å². The van der Waals surface area contributed by atoms with Gasteiger partial charge in [-0.25, -0.2) is 4.98 Å². The lowest BCUT2D eigenvalue weighted by Gasteiger charge is -2.15. The average molecular weight is 148 g/mol. The molecule has 1 aromatic heterocycles. The highest BCUT2D eigenvalue weighted by molar-refractivity contribution is 5.80. The first-order chi connectivity index (χ1) is 5.36. The largest absolute Gasteiger partial charge is 0.348 e. The predicted molar refractivity (Wildman–Crippen MR) is 44.0 cm³/mol. The standard InChI is InChI=1S/C7H8N4/c8-6-4-10-5-2-1-3-9-7(5)11-6/h1-4,6H,8H2,(H,9,11). The van der Waals surface area contributed by atoms with Crippen LogP contribution < -0.4 is 11.1 Å². The van der Waals surface area contributed by atoms with Gasteiger partial charge in [-0.05, 0) is 12.1 Å². The fourth-order valence-electron chi connectivity index (χ4n) is 0.968. The Morgan fingerprint density at radius 2 is 2.45 bits per heavy atom. The molecule has 4 nitrogen and oxygen atoms in total. The molecule has 2 rings (SSSR count). The number of hydrogen-bond acceptors (Lipinski definition) is 4. The number of aliphatic imine (C=N–C) groups is 1. The number of nitrogens with zero attached hydrogens (tertiary/aromatic N) is 2. The fraction of sp³-hybridized carbons (Fsp3) is 0.143. The number of nitrogens with one attached hydrogen (secondary N) is 1. The van der Waals surface area contributed by atoms with Crippen LogP contribution in [-0.2, 0) is 0 Å². The third kappa shape index (κ3) is 1.08. The molecule has 0 spiro atoms. The zero-order chi connectivity index (χ0) is 7.68. The van der Waals surface area contributed by atoms with Crippen LogP contribution in [0.5, 0.6) is 0 Å². The third-order valence-electron chi connectivity index (χ3n) is 1.46. The maximum atomic E-state index is 5.55. The molecule has 2 heterocycles. The monoisotopic (exact) mass is 148 g/mol. The van der Waals surface area contributed by atoms with Gasteiger partial charge in [-0.3, -0.25) is 4.99 Å². The summed E-state index contributed by atoms with van der Waals surface area (Å²) in [6.45, 7) is 0. The first-order valence-electron chi connectivity index (χ1n) is 3.37. The Morgan fingerprint density at radius 1 is 1.55 bits per heavy atom. The first kappa shape index (κ1) is 6.30. The van der Waals surface area contributed by atoms with Crippen LogP contribution in [0.1, 0.15) is 0 Å². The summed E-state index contributed by atoms with van der Waals surface area (Å²) in [5.74, 6) is 0.752. The van der Waals surface area contributed by atoms with Crippen molar-refractivity contribution in [3.63, 3.8) is 0 Å². The van der Waals surface area contributed by atoms with Gasteiger partial charge in [-0.15, -0.1) is 0 Å². The maximum Gasteiger partial charge on any atom is 0.153 e. The molecular formula is C7H8N4. The summed E-state index contributed by atoms with van der Waals surface area (Å²) in [4.78, 5) is 8.16. The van der Waals surface area contributed by atoms with E-state index in [1.54, 1.807) is 12.4 Å². The molecule has 0 saturated heterocycles. The minimum atomic E-state index is -0.211. The van der Waals surface area contributed by atoms with E-state index in [-0.39, 0.29) is 6.17 Å². The van der Waals surface area contributed by atoms with Crippen LogP contribution in [0.15, 0.2) is 23.3 Å². The first-order valence-corrected chi connectivity index (χ1v) is 3.37. The van der Waals surface area contributed by atoms with Crippen LogP contribution >= 0.6 is 0 Å². The van der Waals surface area contributed by atoms with Crippen LogP contribution in [0.25, 0.3) is 0 Å². The quantitative estimate of drug-likeness (QED) is 0.563.